The number of rotatable bonds is 1. The minimum atomic E-state index is -0.0989. The second kappa shape index (κ2) is 5.50. The van der Waals surface area contributed by atoms with Gasteiger partial charge in [-0.15, -0.1) is 0 Å². The number of aliphatic hydroxyl groups excluding tert-OH is 2. The number of aliphatic hydroxyl groups is 2. The Hall–Kier alpha value is -0.0800. The average molecular weight is 254 g/mol. The quantitative estimate of drug-likeness (QED) is 0.755. The SMILES string of the molecule is CC1CC(C2CC(C)C(O)CC2C)C(C)CC1O. The second-order valence-corrected chi connectivity index (χ2v) is 7.31. The summed E-state index contributed by atoms with van der Waals surface area (Å²) < 4.78 is 0. The lowest BCUT2D eigenvalue weighted by Crippen LogP contribution is -2.42. The van der Waals surface area contributed by atoms with E-state index in [1.807, 2.05) is 0 Å². The van der Waals surface area contributed by atoms with Crippen molar-refractivity contribution in [1.82, 2.24) is 0 Å². The molecule has 0 aliphatic heterocycles. The van der Waals surface area contributed by atoms with Crippen molar-refractivity contribution in [2.75, 3.05) is 0 Å². The molecule has 2 aliphatic carbocycles. The molecule has 2 rings (SSSR count). The van der Waals surface area contributed by atoms with Crippen molar-refractivity contribution in [3.05, 3.63) is 0 Å². The van der Waals surface area contributed by atoms with Crippen LogP contribution >= 0.6 is 0 Å². The van der Waals surface area contributed by atoms with E-state index in [0.29, 0.717) is 23.7 Å². The lowest BCUT2D eigenvalue weighted by molar-refractivity contribution is -0.0410. The van der Waals surface area contributed by atoms with Gasteiger partial charge in [0.15, 0.2) is 0 Å². The summed E-state index contributed by atoms with van der Waals surface area (Å²) in [6.07, 6.45) is 4.06. The molecule has 0 aromatic rings. The van der Waals surface area contributed by atoms with Crippen LogP contribution in [0.15, 0.2) is 0 Å². The van der Waals surface area contributed by atoms with Gasteiger partial charge in [-0.25, -0.2) is 0 Å². The van der Waals surface area contributed by atoms with Gasteiger partial charge < -0.3 is 10.2 Å². The van der Waals surface area contributed by atoms with Crippen molar-refractivity contribution < 1.29 is 10.2 Å². The first-order valence-electron chi connectivity index (χ1n) is 7.76. The first-order chi connectivity index (χ1) is 8.40. The maximum Gasteiger partial charge on any atom is 0.0568 e. The molecule has 2 nitrogen and oxygen atoms in total. The molecule has 2 aliphatic rings. The van der Waals surface area contributed by atoms with Gasteiger partial charge in [-0.1, -0.05) is 27.7 Å². The van der Waals surface area contributed by atoms with Crippen molar-refractivity contribution in [3.8, 4) is 0 Å². The molecule has 2 heteroatoms. The minimum Gasteiger partial charge on any atom is -0.393 e. The highest BCUT2D eigenvalue weighted by Crippen LogP contribution is 2.46. The van der Waals surface area contributed by atoms with Crippen molar-refractivity contribution >= 4 is 0 Å². The van der Waals surface area contributed by atoms with E-state index in [9.17, 15) is 10.2 Å². The van der Waals surface area contributed by atoms with Crippen LogP contribution in [0.4, 0.5) is 0 Å². The molecule has 0 aromatic carbocycles. The van der Waals surface area contributed by atoms with Crippen LogP contribution in [-0.2, 0) is 0 Å². The van der Waals surface area contributed by atoms with Crippen LogP contribution in [0.25, 0.3) is 0 Å². The molecule has 8 unspecified atom stereocenters. The Bertz CT molecular complexity index is 250. The summed E-state index contributed by atoms with van der Waals surface area (Å²) in [4.78, 5) is 0. The second-order valence-electron chi connectivity index (χ2n) is 7.31. The number of hydrogen-bond acceptors (Lipinski definition) is 2. The summed E-state index contributed by atoms with van der Waals surface area (Å²) in [5, 5.41) is 20.0. The van der Waals surface area contributed by atoms with Gasteiger partial charge >= 0.3 is 0 Å². The molecular weight excluding hydrogens is 224 g/mol. The highest BCUT2D eigenvalue weighted by Gasteiger charge is 2.41. The van der Waals surface area contributed by atoms with E-state index >= 15 is 0 Å². The average Bonchev–Trinajstić information content (AvgIpc) is 2.29. The molecule has 0 spiro atoms. The van der Waals surface area contributed by atoms with E-state index in [1.165, 1.54) is 12.8 Å². The Morgan fingerprint density at radius 1 is 0.556 bits per heavy atom. The topological polar surface area (TPSA) is 40.5 Å². The Kier molecular flexibility index (Phi) is 4.38. The van der Waals surface area contributed by atoms with Gasteiger partial charge in [0.25, 0.3) is 0 Å². The third-order valence-electron chi connectivity index (χ3n) is 5.84. The third kappa shape index (κ3) is 2.75. The molecule has 8 atom stereocenters. The van der Waals surface area contributed by atoms with Gasteiger partial charge in [-0.3, -0.25) is 0 Å². The minimum absolute atomic E-state index is 0.0989. The van der Waals surface area contributed by atoms with Gasteiger partial charge in [-0.2, -0.15) is 0 Å². The molecule has 2 fully saturated rings. The van der Waals surface area contributed by atoms with E-state index in [2.05, 4.69) is 27.7 Å². The molecule has 0 saturated heterocycles. The molecule has 2 saturated carbocycles. The van der Waals surface area contributed by atoms with E-state index < -0.39 is 0 Å². The first-order valence-corrected chi connectivity index (χ1v) is 7.76. The molecule has 2 N–H and O–H groups in total. The summed E-state index contributed by atoms with van der Waals surface area (Å²) >= 11 is 0. The van der Waals surface area contributed by atoms with E-state index in [-0.39, 0.29) is 12.2 Å². The summed E-state index contributed by atoms with van der Waals surface area (Å²) in [6, 6.07) is 0. The maximum atomic E-state index is 9.98. The number of hydrogen-bond donors (Lipinski definition) is 2. The Morgan fingerprint density at radius 3 is 1.22 bits per heavy atom. The van der Waals surface area contributed by atoms with Crippen LogP contribution in [0, 0.1) is 35.5 Å². The van der Waals surface area contributed by atoms with Gasteiger partial charge in [0.2, 0.25) is 0 Å². The fourth-order valence-electron chi connectivity index (χ4n) is 4.41. The standard InChI is InChI=1S/C16H30O2/c1-9-7-15(17)11(3)5-13(9)14-6-12(4)16(18)8-10(14)2/h9-18H,5-8H2,1-4H3. The highest BCUT2D eigenvalue weighted by atomic mass is 16.3. The molecule has 0 heterocycles. The van der Waals surface area contributed by atoms with Crippen molar-refractivity contribution in [2.24, 2.45) is 35.5 Å². The van der Waals surface area contributed by atoms with Crippen LogP contribution in [0.2, 0.25) is 0 Å². The maximum absolute atomic E-state index is 9.98. The molecule has 0 bridgehead atoms. The van der Waals surface area contributed by atoms with Gasteiger partial charge in [0, 0.05) is 0 Å². The lowest BCUT2D eigenvalue weighted by atomic mass is 9.60. The lowest BCUT2D eigenvalue weighted by Gasteiger charge is -2.46. The predicted molar refractivity (Wildman–Crippen MR) is 74.1 cm³/mol. The molecule has 0 radical (unpaired) electrons. The Balaban J connectivity index is 2.06. The van der Waals surface area contributed by atoms with E-state index in [1.54, 1.807) is 0 Å². The monoisotopic (exact) mass is 254 g/mol. The highest BCUT2D eigenvalue weighted by molar-refractivity contribution is 4.91. The summed E-state index contributed by atoms with van der Waals surface area (Å²) in [7, 11) is 0. The van der Waals surface area contributed by atoms with Crippen LogP contribution in [0.5, 0.6) is 0 Å². The molecule has 106 valence electrons. The smallest absolute Gasteiger partial charge is 0.0568 e. The van der Waals surface area contributed by atoms with E-state index in [4.69, 9.17) is 0 Å². The van der Waals surface area contributed by atoms with Crippen LogP contribution in [-0.4, -0.2) is 22.4 Å². The van der Waals surface area contributed by atoms with E-state index in [0.717, 1.165) is 24.7 Å². The van der Waals surface area contributed by atoms with Crippen molar-refractivity contribution in [3.63, 3.8) is 0 Å². The summed E-state index contributed by atoms with van der Waals surface area (Å²) in [5.74, 6) is 3.64. The largest absolute Gasteiger partial charge is 0.393 e. The normalized spacial score (nSPS) is 54.3. The summed E-state index contributed by atoms with van der Waals surface area (Å²) in [5.41, 5.74) is 0. The van der Waals surface area contributed by atoms with Gasteiger partial charge in [-0.05, 0) is 61.2 Å². The predicted octanol–water partition coefficient (Wildman–Crippen LogP) is 3.07. The Morgan fingerprint density at radius 2 is 0.889 bits per heavy atom. The van der Waals surface area contributed by atoms with Crippen molar-refractivity contribution in [1.29, 1.82) is 0 Å². The zero-order valence-corrected chi connectivity index (χ0v) is 12.3. The van der Waals surface area contributed by atoms with Crippen molar-refractivity contribution in [2.45, 2.75) is 65.6 Å². The van der Waals surface area contributed by atoms with Gasteiger partial charge in [0.1, 0.15) is 0 Å². The zero-order chi connectivity index (χ0) is 13.4. The Labute approximate surface area is 112 Å². The fraction of sp³-hybridized carbons (Fsp3) is 1.00. The molecule has 18 heavy (non-hydrogen) atoms. The molecular formula is C16H30O2. The van der Waals surface area contributed by atoms with Crippen LogP contribution in [0.3, 0.4) is 0 Å². The van der Waals surface area contributed by atoms with Gasteiger partial charge in [0.05, 0.1) is 12.2 Å². The first kappa shape index (κ1) is 14.3. The third-order valence-corrected chi connectivity index (χ3v) is 5.84. The summed E-state index contributed by atoms with van der Waals surface area (Å²) in [6.45, 7) is 9.00. The fourth-order valence-corrected chi connectivity index (χ4v) is 4.41. The van der Waals surface area contributed by atoms with Crippen LogP contribution < -0.4 is 0 Å². The molecule has 0 aromatic heterocycles. The molecule has 0 amide bonds. The zero-order valence-electron chi connectivity index (χ0n) is 12.3. The van der Waals surface area contributed by atoms with Crippen LogP contribution in [0.1, 0.15) is 53.4 Å².